The molecule has 7 heteroatoms. The van der Waals surface area contributed by atoms with E-state index in [1.54, 1.807) is 4.80 Å². The van der Waals surface area contributed by atoms with Gasteiger partial charge in [-0.15, -0.1) is 10.2 Å². The van der Waals surface area contributed by atoms with Crippen molar-refractivity contribution < 1.29 is 4.79 Å². The molecule has 1 aromatic heterocycles. The Morgan fingerprint density at radius 2 is 1.65 bits per heavy atom. The number of carbonyl (C=O) groups is 1. The van der Waals surface area contributed by atoms with Gasteiger partial charge in [-0.2, -0.15) is 4.80 Å². The van der Waals surface area contributed by atoms with Crippen LogP contribution in [0.25, 0.3) is 11.4 Å². The third kappa shape index (κ3) is 4.37. The molecule has 0 bridgehead atoms. The van der Waals surface area contributed by atoms with Crippen molar-refractivity contribution in [3.8, 4) is 11.4 Å². The first kappa shape index (κ1) is 19.9. The fraction of sp³-hybridized carbons (Fsp3) is 0.417. The topological polar surface area (TPSA) is 84.7 Å². The van der Waals surface area contributed by atoms with Crippen molar-refractivity contribution in [2.75, 3.05) is 6.54 Å². The van der Waals surface area contributed by atoms with Crippen LogP contribution >= 0.6 is 0 Å². The Morgan fingerprint density at radius 1 is 0.935 bits per heavy atom. The normalized spacial score (nSPS) is 25.9. The fourth-order valence-corrected chi connectivity index (χ4v) is 4.86. The number of amides is 1. The van der Waals surface area contributed by atoms with E-state index in [0.29, 0.717) is 5.82 Å². The Morgan fingerprint density at radius 3 is 2.39 bits per heavy atom. The predicted molar refractivity (Wildman–Crippen MR) is 118 cm³/mol. The first-order valence-corrected chi connectivity index (χ1v) is 11.2. The van der Waals surface area contributed by atoms with E-state index < -0.39 is 0 Å². The van der Waals surface area contributed by atoms with Crippen LogP contribution in [0.5, 0.6) is 0 Å². The molecule has 7 nitrogen and oxygen atoms in total. The average Bonchev–Trinajstić information content (AvgIpc) is 3.51. The van der Waals surface area contributed by atoms with E-state index in [4.69, 9.17) is 0 Å². The zero-order valence-electron chi connectivity index (χ0n) is 17.5. The molecule has 1 amide bonds. The molecule has 2 atom stereocenters. The Hall–Kier alpha value is -3.06. The standard InChI is InChI=1S/C24H28N6O/c31-24(22-21(15-16-25-22)17-7-3-1-4-8-17)26-19-11-13-20(14-12-19)30-28-23(27-29-30)18-9-5-2-6-10-18/h1-10,19-22,25H,11-16H2,(H,26,31)/t19?,20?,21-,22+/m1/s1. The van der Waals surface area contributed by atoms with Crippen molar-refractivity contribution in [2.24, 2.45) is 0 Å². The number of rotatable bonds is 5. The zero-order valence-corrected chi connectivity index (χ0v) is 17.5. The molecule has 2 heterocycles. The maximum atomic E-state index is 13.0. The van der Waals surface area contributed by atoms with E-state index in [1.165, 1.54) is 5.56 Å². The lowest BCUT2D eigenvalue weighted by Gasteiger charge is -2.30. The van der Waals surface area contributed by atoms with Gasteiger partial charge in [0.05, 0.1) is 12.1 Å². The van der Waals surface area contributed by atoms with Crippen molar-refractivity contribution in [1.29, 1.82) is 0 Å². The second kappa shape index (κ2) is 8.98. The molecule has 1 saturated carbocycles. The van der Waals surface area contributed by atoms with Gasteiger partial charge in [-0.3, -0.25) is 4.79 Å². The predicted octanol–water partition coefficient (Wildman–Crippen LogP) is 3.09. The van der Waals surface area contributed by atoms with Gasteiger partial charge in [0.15, 0.2) is 0 Å². The number of tetrazole rings is 1. The summed E-state index contributed by atoms with van der Waals surface area (Å²) in [4.78, 5) is 14.7. The van der Waals surface area contributed by atoms with Crippen LogP contribution in [-0.4, -0.2) is 44.7 Å². The minimum Gasteiger partial charge on any atom is -0.352 e. The number of benzene rings is 2. The average molecular weight is 417 g/mol. The number of aromatic nitrogens is 4. The van der Waals surface area contributed by atoms with Crippen LogP contribution in [0.1, 0.15) is 49.6 Å². The van der Waals surface area contributed by atoms with E-state index >= 15 is 0 Å². The zero-order chi connectivity index (χ0) is 21.0. The quantitative estimate of drug-likeness (QED) is 0.668. The molecule has 2 N–H and O–H groups in total. The van der Waals surface area contributed by atoms with E-state index in [-0.39, 0.29) is 30.0 Å². The molecular weight excluding hydrogens is 388 g/mol. The molecule has 2 aromatic carbocycles. The van der Waals surface area contributed by atoms with Gasteiger partial charge >= 0.3 is 0 Å². The number of nitrogens with zero attached hydrogens (tertiary/aromatic N) is 4. The summed E-state index contributed by atoms with van der Waals surface area (Å²) in [5, 5.41) is 19.8. The lowest BCUT2D eigenvalue weighted by Crippen LogP contribution is -2.48. The molecule has 2 fully saturated rings. The van der Waals surface area contributed by atoms with Crippen molar-refractivity contribution in [2.45, 2.75) is 56.1 Å². The molecule has 2 aliphatic rings. The van der Waals surface area contributed by atoms with Crippen molar-refractivity contribution in [3.63, 3.8) is 0 Å². The lowest BCUT2D eigenvalue weighted by molar-refractivity contribution is -0.124. The van der Waals surface area contributed by atoms with Crippen LogP contribution in [-0.2, 0) is 4.79 Å². The molecule has 160 valence electrons. The van der Waals surface area contributed by atoms with Gasteiger partial charge in [0.1, 0.15) is 0 Å². The van der Waals surface area contributed by atoms with Crippen molar-refractivity contribution in [3.05, 3.63) is 66.2 Å². The second-order valence-electron chi connectivity index (χ2n) is 8.55. The van der Waals surface area contributed by atoms with Crippen LogP contribution in [0.15, 0.2) is 60.7 Å². The summed E-state index contributed by atoms with van der Waals surface area (Å²) >= 11 is 0. The highest BCUT2D eigenvalue weighted by molar-refractivity contribution is 5.83. The number of hydrogen-bond donors (Lipinski definition) is 2. The molecule has 1 saturated heterocycles. The SMILES string of the molecule is O=C(NC1CCC(n2nnc(-c3ccccc3)n2)CC1)[C@H]1NCC[C@@H]1c1ccccc1. The van der Waals surface area contributed by atoms with Crippen LogP contribution in [0.4, 0.5) is 0 Å². The molecule has 0 spiro atoms. The van der Waals surface area contributed by atoms with Gasteiger partial charge < -0.3 is 10.6 Å². The number of nitrogens with one attached hydrogen (secondary N) is 2. The lowest BCUT2D eigenvalue weighted by atomic mass is 9.89. The van der Waals surface area contributed by atoms with Crippen LogP contribution in [0, 0.1) is 0 Å². The third-order valence-corrected chi connectivity index (χ3v) is 6.56. The molecule has 3 aromatic rings. The summed E-state index contributed by atoms with van der Waals surface area (Å²) in [6.45, 7) is 0.881. The van der Waals surface area contributed by atoms with Crippen LogP contribution < -0.4 is 10.6 Å². The van der Waals surface area contributed by atoms with Crippen molar-refractivity contribution >= 4 is 5.91 Å². The second-order valence-corrected chi connectivity index (χ2v) is 8.55. The van der Waals surface area contributed by atoms with E-state index in [1.807, 2.05) is 48.5 Å². The van der Waals surface area contributed by atoms with Crippen molar-refractivity contribution in [1.82, 2.24) is 30.8 Å². The van der Waals surface area contributed by atoms with Gasteiger partial charge in [-0.1, -0.05) is 60.7 Å². The Bertz CT molecular complexity index is 997. The summed E-state index contributed by atoms with van der Waals surface area (Å²) in [5.74, 6) is 1.03. The summed E-state index contributed by atoms with van der Waals surface area (Å²) in [6, 6.07) is 20.6. The highest BCUT2D eigenvalue weighted by Gasteiger charge is 2.35. The summed E-state index contributed by atoms with van der Waals surface area (Å²) in [5.41, 5.74) is 2.22. The van der Waals surface area contributed by atoms with E-state index in [0.717, 1.165) is 44.2 Å². The minimum atomic E-state index is -0.148. The van der Waals surface area contributed by atoms with E-state index in [2.05, 4.69) is 38.2 Å². The minimum absolute atomic E-state index is 0.125. The first-order chi connectivity index (χ1) is 15.3. The monoisotopic (exact) mass is 416 g/mol. The summed E-state index contributed by atoms with van der Waals surface area (Å²) < 4.78 is 0. The molecule has 31 heavy (non-hydrogen) atoms. The molecule has 1 aliphatic heterocycles. The first-order valence-electron chi connectivity index (χ1n) is 11.2. The number of hydrogen-bond acceptors (Lipinski definition) is 5. The Kier molecular flexibility index (Phi) is 5.76. The third-order valence-electron chi connectivity index (χ3n) is 6.56. The maximum Gasteiger partial charge on any atom is 0.237 e. The van der Waals surface area contributed by atoms with Crippen LogP contribution in [0.3, 0.4) is 0 Å². The van der Waals surface area contributed by atoms with E-state index in [9.17, 15) is 4.79 Å². The fourth-order valence-electron chi connectivity index (χ4n) is 4.86. The highest BCUT2D eigenvalue weighted by atomic mass is 16.2. The summed E-state index contributed by atoms with van der Waals surface area (Å²) in [6.07, 6.45) is 4.74. The maximum absolute atomic E-state index is 13.0. The Labute approximate surface area is 182 Å². The van der Waals surface area contributed by atoms with Crippen LogP contribution in [0.2, 0.25) is 0 Å². The smallest absolute Gasteiger partial charge is 0.237 e. The van der Waals surface area contributed by atoms with Gasteiger partial charge in [0.25, 0.3) is 0 Å². The molecular formula is C24H28N6O. The van der Waals surface area contributed by atoms with Gasteiger partial charge in [-0.05, 0) is 49.4 Å². The summed E-state index contributed by atoms with van der Waals surface area (Å²) in [7, 11) is 0. The highest BCUT2D eigenvalue weighted by Crippen LogP contribution is 2.30. The van der Waals surface area contributed by atoms with Gasteiger partial charge in [0.2, 0.25) is 11.7 Å². The molecule has 5 rings (SSSR count). The Balaban J connectivity index is 1.16. The molecule has 0 radical (unpaired) electrons. The number of carbonyl (C=O) groups excluding carboxylic acids is 1. The van der Waals surface area contributed by atoms with Gasteiger partial charge in [-0.25, -0.2) is 0 Å². The largest absolute Gasteiger partial charge is 0.352 e. The molecule has 0 unspecified atom stereocenters. The van der Waals surface area contributed by atoms with Gasteiger partial charge in [0, 0.05) is 17.5 Å². The molecule has 1 aliphatic carbocycles.